The molecule has 0 spiro atoms. The van der Waals surface area contributed by atoms with Gasteiger partial charge in [-0.2, -0.15) is 0 Å². The van der Waals surface area contributed by atoms with E-state index in [0.717, 1.165) is 0 Å². The Kier molecular flexibility index (Phi) is 4.50. The molecule has 0 aliphatic rings. The Labute approximate surface area is 88.2 Å². The smallest absolute Gasteiger partial charge is 0.212 e. The molecule has 0 aliphatic carbocycles. The van der Waals surface area contributed by atoms with Gasteiger partial charge >= 0.3 is 0 Å². The van der Waals surface area contributed by atoms with Gasteiger partial charge in [-0.1, -0.05) is 35.5 Å². The van der Waals surface area contributed by atoms with Crippen molar-refractivity contribution in [3.8, 4) is 0 Å². The van der Waals surface area contributed by atoms with Crippen LogP contribution >= 0.6 is 0 Å². The third kappa shape index (κ3) is 3.18. The van der Waals surface area contributed by atoms with Crippen molar-refractivity contribution in [1.82, 2.24) is 0 Å². The van der Waals surface area contributed by atoms with Crippen LogP contribution in [-0.2, 0) is 4.74 Å². The van der Waals surface area contributed by atoms with Crippen molar-refractivity contribution in [3.63, 3.8) is 0 Å². The molecule has 0 aliphatic heterocycles. The molecule has 0 saturated carbocycles. The van der Waals surface area contributed by atoms with E-state index in [2.05, 4.69) is 5.16 Å². The van der Waals surface area contributed by atoms with E-state index in [-0.39, 0.29) is 18.1 Å². The van der Waals surface area contributed by atoms with Crippen LogP contribution in [0.25, 0.3) is 0 Å². The van der Waals surface area contributed by atoms with Crippen molar-refractivity contribution in [2.45, 2.75) is 6.92 Å². The maximum Gasteiger partial charge on any atom is 0.212 e. The number of carbonyl (C=O) groups is 1. The maximum atomic E-state index is 11.7. The lowest BCUT2D eigenvalue weighted by molar-refractivity contribution is 0.104. The predicted octanol–water partition coefficient (Wildman–Crippen LogP) is 1.74. The largest absolute Gasteiger partial charge is 0.410 e. The first-order valence-electron chi connectivity index (χ1n) is 4.68. The molecule has 15 heavy (non-hydrogen) atoms. The number of ether oxygens (including phenoxy) is 1. The Bertz CT molecular complexity index is 346. The molecule has 4 nitrogen and oxygen atoms in total. The van der Waals surface area contributed by atoms with Crippen LogP contribution in [0.4, 0.5) is 0 Å². The highest BCUT2D eigenvalue weighted by Crippen LogP contribution is 2.01. The Morgan fingerprint density at radius 1 is 1.40 bits per heavy atom. The molecule has 0 saturated heterocycles. The highest BCUT2D eigenvalue weighted by Gasteiger charge is 2.14. The van der Waals surface area contributed by atoms with Gasteiger partial charge in [0.1, 0.15) is 0 Å². The fourth-order valence-corrected chi connectivity index (χ4v) is 1.09. The van der Waals surface area contributed by atoms with Gasteiger partial charge in [0.15, 0.2) is 5.71 Å². The average molecular weight is 207 g/mol. The van der Waals surface area contributed by atoms with E-state index < -0.39 is 0 Å². The number of hydrogen-bond donors (Lipinski definition) is 1. The van der Waals surface area contributed by atoms with Crippen LogP contribution in [0.15, 0.2) is 35.5 Å². The number of hydrogen-bond acceptors (Lipinski definition) is 4. The molecule has 0 fully saturated rings. The summed E-state index contributed by atoms with van der Waals surface area (Å²) in [5.74, 6) is -0.313. The van der Waals surface area contributed by atoms with E-state index in [1.807, 2.05) is 13.0 Å². The second-order valence-electron chi connectivity index (χ2n) is 2.88. The molecule has 0 unspecified atom stereocenters. The first-order valence-corrected chi connectivity index (χ1v) is 4.68. The van der Waals surface area contributed by atoms with Gasteiger partial charge in [-0.05, 0) is 6.92 Å². The summed E-state index contributed by atoms with van der Waals surface area (Å²) in [6.45, 7) is 2.31. The summed E-state index contributed by atoms with van der Waals surface area (Å²) in [6.07, 6.45) is 0. The standard InChI is InChI=1S/C11H13NO3/c1-2-15-8-10(12-14)11(13)9-6-4-3-5-7-9/h3-7,14H,2,8H2,1H3/b12-10+. The van der Waals surface area contributed by atoms with Crippen molar-refractivity contribution < 1.29 is 14.7 Å². The van der Waals surface area contributed by atoms with Gasteiger partial charge in [-0.3, -0.25) is 4.79 Å². The third-order valence-electron chi connectivity index (χ3n) is 1.86. The molecular formula is C11H13NO3. The molecule has 0 bridgehead atoms. The van der Waals surface area contributed by atoms with Gasteiger partial charge in [0.2, 0.25) is 5.78 Å². The quantitative estimate of drug-likeness (QED) is 0.346. The molecule has 0 radical (unpaired) electrons. The third-order valence-corrected chi connectivity index (χ3v) is 1.86. The number of rotatable bonds is 5. The fraction of sp³-hybridized carbons (Fsp3) is 0.273. The van der Waals surface area contributed by atoms with Crippen molar-refractivity contribution in [2.75, 3.05) is 13.2 Å². The van der Waals surface area contributed by atoms with Crippen LogP contribution in [0.3, 0.4) is 0 Å². The molecule has 4 heteroatoms. The topological polar surface area (TPSA) is 58.9 Å². The van der Waals surface area contributed by atoms with E-state index >= 15 is 0 Å². The maximum absolute atomic E-state index is 11.7. The number of oxime groups is 1. The fourth-order valence-electron chi connectivity index (χ4n) is 1.09. The van der Waals surface area contributed by atoms with Crippen LogP contribution in [0.1, 0.15) is 17.3 Å². The molecule has 0 aromatic heterocycles. The zero-order valence-corrected chi connectivity index (χ0v) is 8.51. The normalized spacial score (nSPS) is 11.4. The van der Waals surface area contributed by atoms with Gasteiger partial charge in [0, 0.05) is 12.2 Å². The van der Waals surface area contributed by atoms with E-state index in [4.69, 9.17) is 9.94 Å². The minimum Gasteiger partial charge on any atom is -0.410 e. The second kappa shape index (κ2) is 5.93. The summed E-state index contributed by atoms with van der Waals surface area (Å²) in [7, 11) is 0. The first kappa shape index (κ1) is 11.4. The van der Waals surface area contributed by atoms with Crippen LogP contribution in [-0.4, -0.2) is 29.9 Å². The van der Waals surface area contributed by atoms with Crippen LogP contribution in [0, 0.1) is 0 Å². The molecule has 1 aromatic carbocycles. The minimum atomic E-state index is -0.313. The molecule has 0 heterocycles. The Hall–Kier alpha value is -1.68. The summed E-state index contributed by atoms with van der Waals surface area (Å²) in [6, 6.07) is 8.65. The van der Waals surface area contributed by atoms with Gasteiger partial charge < -0.3 is 9.94 Å². The van der Waals surface area contributed by atoms with Gasteiger partial charge in [-0.15, -0.1) is 0 Å². The van der Waals surface area contributed by atoms with E-state index in [0.29, 0.717) is 12.2 Å². The predicted molar refractivity (Wildman–Crippen MR) is 56.5 cm³/mol. The monoisotopic (exact) mass is 207 g/mol. The molecule has 1 N–H and O–H groups in total. The van der Waals surface area contributed by atoms with Crippen molar-refractivity contribution >= 4 is 11.5 Å². The number of benzene rings is 1. The van der Waals surface area contributed by atoms with Crippen LogP contribution < -0.4 is 0 Å². The highest BCUT2D eigenvalue weighted by molar-refractivity contribution is 6.46. The zero-order valence-electron chi connectivity index (χ0n) is 8.51. The van der Waals surface area contributed by atoms with Crippen molar-refractivity contribution in [2.24, 2.45) is 5.16 Å². The molecule has 0 amide bonds. The average Bonchev–Trinajstić information content (AvgIpc) is 2.31. The minimum absolute atomic E-state index is 0.0167. The molecule has 0 atom stereocenters. The second-order valence-corrected chi connectivity index (χ2v) is 2.88. The van der Waals surface area contributed by atoms with Gasteiger partial charge in [0.05, 0.1) is 6.61 Å². The zero-order chi connectivity index (χ0) is 11.1. The molecule has 1 aromatic rings. The summed E-state index contributed by atoms with van der Waals surface area (Å²) in [5.41, 5.74) is 0.507. The van der Waals surface area contributed by atoms with Gasteiger partial charge in [0.25, 0.3) is 0 Å². The van der Waals surface area contributed by atoms with Crippen molar-refractivity contribution in [3.05, 3.63) is 35.9 Å². The molecule has 1 rings (SSSR count). The number of ketones is 1. The van der Waals surface area contributed by atoms with E-state index in [9.17, 15) is 4.79 Å². The van der Waals surface area contributed by atoms with E-state index in [1.165, 1.54) is 0 Å². The van der Waals surface area contributed by atoms with Crippen LogP contribution in [0.2, 0.25) is 0 Å². The molecular weight excluding hydrogens is 194 g/mol. The summed E-state index contributed by atoms with van der Waals surface area (Å²) >= 11 is 0. The lowest BCUT2D eigenvalue weighted by Crippen LogP contribution is -2.20. The van der Waals surface area contributed by atoms with Crippen LogP contribution in [0.5, 0.6) is 0 Å². The van der Waals surface area contributed by atoms with E-state index in [1.54, 1.807) is 24.3 Å². The first-order chi connectivity index (χ1) is 7.29. The van der Waals surface area contributed by atoms with Crippen molar-refractivity contribution in [1.29, 1.82) is 0 Å². The lowest BCUT2D eigenvalue weighted by atomic mass is 10.1. The Morgan fingerprint density at radius 2 is 2.07 bits per heavy atom. The summed E-state index contributed by atoms with van der Waals surface area (Å²) in [4.78, 5) is 11.7. The summed E-state index contributed by atoms with van der Waals surface area (Å²) < 4.78 is 5.02. The Balaban J connectivity index is 2.75. The number of Topliss-reactive ketones (excluding diaryl/α,β-unsaturated/α-hetero) is 1. The number of nitrogens with zero attached hydrogens (tertiary/aromatic N) is 1. The SMILES string of the molecule is CCOC/C(=N\O)C(=O)c1ccccc1. The number of carbonyl (C=O) groups excluding carboxylic acids is 1. The summed E-state index contributed by atoms with van der Waals surface area (Å²) in [5, 5.41) is 11.6. The van der Waals surface area contributed by atoms with Gasteiger partial charge in [-0.25, -0.2) is 0 Å². The molecule has 80 valence electrons. The highest BCUT2D eigenvalue weighted by atomic mass is 16.5. The lowest BCUT2D eigenvalue weighted by Gasteiger charge is -2.03. The Morgan fingerprint density at radius 3 is 2.60 bits per heavy atom.